The maximum atomic E-state index is 12.4. The topological polar surface area (TPSA) is 59.9 Å². The van der Waals surface area contributed by atoms with E-state index < -0.39 is 0 Å². The quantitative estimate of drug-likeness (QED) is 0.464. The lowest BCUT2D eigenvalue weighted by Gasteiger charge is -2.07. The van der Waals surface area contributed by atoms with Crippen molar-refractivity contribution in [3.63, 3.8) is 0 Å². The number of amides is 1. The van der Waals surface area contributed by atoms with Crippen molar-refractivity contribution in [2.45, 2.75) is 20.5 Å². The van der Waals surface area contributed by atoms with Crippen molar-refractivity contribution in [3.8, 4) is 11.5 Å². The number of thioether (sulfide) groups is 1. The van der Waals surface area contributed by atoms with Crippen LogP contribution in [0.5, 0.6) is 11.5 Å². The van der Waals surface area contributed by atoms with Crippen molar-refractivity contribution in [2.75, 3.05) is 6.61 Å². The van der Waals surface area contributed by atoms with Crippen LogP contribution >= 0.6 is 11.8 Å². The lowest BCUT2D eigenvalue weighted by Crippen LogP contribution is -2.19. The third-order valence-electron chi connectivity index (χ3n) is 4.74. The predicted octanol–water partition coefficient (Wildman–Crippen LogP) is 5.86. The van der Waals surface area contributed by atoms with E-state index in [1.165, 1.54) is 17.3 Å². The summed E-state index contributed by atoms with van der Waals surface area (Å²) >= 11 is 1.31. The van der Waals surface area contributed by atoms with Gasteiger partial charge in [-0.25, -0.2) is 4.99 Å². The molecule has 1 aliphatic heterocycles. The van der Waals surface area contributed by atoms with E-state index in [1.807, 2.05) is 61.5 Å². The van der Waals surface area contributed by atoms with Crippen LogP contribution in [0.4, 0.5) is 5.69 Å². The molecule has 3 aromatic carbocycles. The smallest absolute Gasteiger partial charge is 0.264 e. The van der Waals surface area contributed by atoms with Crippen molar-refractivity contribution < 1.29 is 14.3 Å². The highest BCUT2D eigenvalue weighted by Gasteiger charge is 2.24. The van der Waals surface area contributed by atoms with Gasteiger partial charge in [-0.1, -0.05) is 54.1 Å². The second-order valence-electron chi connectivity index (χ2n) is 7.23. The van der Waals surface area contributed by atoms with Crippen LogP contribution in [-0.4, -0.2) is 17.7 Å². The van der Waals surface area contributed by atoms with Crippen molar-refractivity contribution in [1.82, 2.24) is 5.32 Å². The van der Waals surface area contributed by atoms with Crippen LogP contribution in [0.25, 0.3) is 6.08 Å². The normalized spacial score (nSPS) is 15.8. The molecule has 1 amide bonds. The minimum atomic E-state index is -0.165. The third kappa shape index (κ3) is 5.59. The van der Waals surface area contributed by atoms with Gasteiger partial charge in [-0.2, -0.15) is 0 Å². The second kappa shape index (κ2) is 10.2. The van der Waals surface area contributed by atoms with Crippen molar-refractivity contribution >= 4 is 34.6 Å². The summed E-state index contributed by atoms with van der Waals surface area (Å²) in [4.78, 5) is 17.5. The Morgan fingerprint density at radius 3 is 2.47 bits per heavy atom. The predicted molar refractivity (Wildman–Crippen MR) is 130 cm³/mol. The van der Waals surface area contributed by atoms with Crippen LogP contribution in [-0.2, 0) is 11.4 Å². The fraction of sp³-hybridized carbons (Fsp3) is 0.154. The first kappa shape index (κ1) is 21.7. The highest BCUT2D eigenvalue weighted by molar-refractivity contribution is 8.18. The van der Waals surface area contributed by atoms with E-state index in [2.05, 4.69) is 41.5 Å². The number of aryl methyl sites for hydroxylation is 1. The molecular formula is C26H24N2O3S. The zero-order chi connectivity index (χ0) is 22.3. The number of aliphatic imine (C=N–C) groups is 1. The minimum absolute atomic E-state index is 0.165. The van der Waals surface area contributed by atoms with Gasteiger partial charge < -0.3 is 14.8 Å². The molecule has 6 heteroatoms. The molecule has 0 bridgehead atoms. The molecule has 0 spiro atoms. The van der Waals surface area contributed by atoms with Gasteiger partial charge in [0.15, 0.2) is 5.17 Å². The van der Waals surface area contributed by atoms with Crippen LogP contribution in [0.15, 0.2) is 82.7 Å². The number of nitrogens with zero attached hydrogens (tertiary/aromatic N) is 1. The van der Waals surface area contributed by atoms with Gasteiger partial charge in [0.2, 0.25) is 0 Å². The minimum Gasteiger partial charge on any atom is -0.492 e. The maximum Gasteiger partial charge on any atom is 0.264 e. The highest BCUT2D eigenvalue weighted by Crippen LogP contribution is 2.32. The molecule has 0 aromatic heterocycles. The summed E-state index contributed by atoms with van der Waals surface area (Å²) in [7, 11) is 0. The Morgan fingerprint density at radius 2 is 1.72 bits per heavy atom. The van der Waals surface area contributed by atoms with E-state index in [0.29, 0.717) is 34.7 Å². The first-order valence-electron chi connectivity index (χ1n) is 10.4. The Kier molecular flexibility index (Phi) is 6.92. The highest BCUT2D eigenvalue weighted by atomic mass is 32.2. The Hall–Kier alpha value is -3.51. The van der Waals surface area contributed by atoms with E-state index in [-0.39, 0.29) is 5.91 Å². The lowest BCUT2D eigenvalue weighted by molar-refractivity contribution is -0.115. The number of hydrogen-bond donors (Lipinski definition) is 1. The van der Waals surface area contributed by atoms with Crippen LogP contribution < -0.4 is 14.8 Å². The Labute approximate surface area is 192 Å². The number of ether oxygens (including phenoxy) is 2. The van der Waals surface area contributed by atoms with Crippen LogP contribution in [0, 0.1) is 6.92 Å². The molecule has 162 valence electrons. The number of para-hydroxylation sites is 2. The number of carbonyl (C=O) groups excluding carboxylic acids is 1. The fourth-order valence-corrected chi connectivity index (χ4v) is 3.91. The Morgan fingerprint density at radius 1 is 0.969 bits per heavy atom. The zero-order valence-corrected chi connectivity index (χ0v) is 18.8. The van der Waals surface area contributed by atoms with E-state index in [4.69, 9.17) is 9.47 Å². The summed E-state index contributed by atoms with van der Waals surface area (Å²) in [6, 6.07) is 23.5. The molecule has 1 heterocycles. The summed E-state index contributed by atoms with van der Waals surface area (Å²) in [5, 5.41) is 3.36. The van der Waals surface area contributed by atoms with Gasteiger partial charge in [0.05, 0.1) is 11.5 Å². The number of amidine groups is 1. The molecule has 0 aliphatic carbocycles. The molecule has 1 fully saturated rings. The molecular weight excluding hydrogens is 420 g/mol. The summed E-state index contributed by atoms with van der Waals surface area (Å²) in [5.74, 6) is 1.31. The number of carbonyl (C=O) groups is 1. The molecule has 3 aromatic rings. The van der Waals surface area contributed by atoms with Crippen molar-refractivity contribution in [3.05, 3.63) is 94.4 Å². The van der Waals surface area contributed by atoms with Gasteiger partial charge in [-0.05, 0) is 67.1 Å². The van der Waals surface area contributed by atoms with Gasteiger partial charge >= 0.3 is 0 Å². The van der Waals surface area contributed by atoms with E-state index in [1.54, 1.807) is 0 Å². The first-order valence-corrected chi connectivity index (χ1v) is 11.2. The summed E-state index contributed by atoms with van der Waals surface area (Å²) in [6.07, 6.45) is 1.85. The molecule has 1 saturated heterocycles. The van der Waals surface area contributed by atoms with Crippen molar-refractivity contribution in [1.29, 1.82) is 0 Å². The summed E-state index contributed by atoms with van der Waals surface area (Å²) < 4.78 is 11.5. The van der Waals surface area contributed by atoms with E-state index in [0.717, 1.165) is 16.9 Å². The maximum absolute atomic E-state index is 12.4. The van der Waals surface area contributed by atoms with Gasteiger partial charge in [-0.3, -0.25) is 4.79 Å². The molecule has 0 atom stereocenters. The third-order valence-corrected chi connectivity index (χ3v) is 5.65. The average Bonchev–Trinajstić information content (AvgIpc) is 3.14. The molecule has 0 radical (unpaired) electrons. The summed E-state index contributed by atoms with van der Waals surface area (Å²) in [5.41, 5.74) is 3.96. The van der Waals surface area contributed by atoms with Gasteiger partial charge in [0.1, 0.15) is 23.8 Å². The SMILES string of the molecule is CCOc1ccccc1N=C1NC(=O)/C(=C/c2ccc(OCc3ccc(C)cc3)cc2)S1. The van der Waals surface area contributed by atoms with E-state index in [9.17, 15) is 4.79 Å². The Bertz CT molecular complexity index is 1150. The fourth-order valence-electron chi connectivity index (χ4n) is 3.08. The van der Waals surface area contributed by atoms with Crippen LogP contribution in [0.2, 0.25) is 0 Å². The van der Waals surface area contributed by atoms with Gasteiger partial charge in [0.25, 0.3) is 5.91 Å². The van der Waals surface area contributed by atoms with Gasteiger partial charge in [-0.15, -0.1) is 0 Å². The van der Waals surface area contributed by atoms with Gasteiger partial charge in [0, 0.05) is 0 Å². The largest absolute Gasteiger partial charge is 0.492 e. The monoisotopic (exact) mass is 444 g/mol. The molecule has 0 unspecified atom stereocenters. The number of nitrogens with one attached hydrogen (secondary N) is 1. The standard InChI is InChI=1S/C26H24N2O3S/c1-3-30-23-7-5-4-6-22(23)27-26-28-25(29)24(32-26)16-19-12-14-21(15-13-19)31-17-20-10-8-18(2)9-11-20/h4-16H,3,17H2,1-2H3,(H,27,28,29)/b24-16-. The second-order valence-corrected chi connectivity index (χ2v) is 8.26. The Balaban J connectivity index is 1.41. The molecule has 1 N–H and O–H groups in total. The van der Waals surface area contributed by atoms with E-state index >= 15 is 0 Å². The number of rotatable bonds is 7. The lowest BCUT2D eigenvalue weighted by atomic mass is 10.1. The van der Waals surface area contributed by atoms with Crippen LogP contribution in [0.3, 0.4) is 0 Å². The number of benzene rings is 3. The molecule has 4 rings (SSSR count). The molecule has 1 aliphatic rings. The molecule has 5 nitrogen and oxygen atoms in total. The van der Waals surface area contributed by atoms with Crippen LogP contribution in [0.1, 0.15) is 23.6 Å². The summed E-state index contributed by atoms with van der Waals surface area (Å²) in [6.45, 7) is 5.06. The zero-order valence-electron chi connectivity index (χ0n) is 18.0. The molecule has 32 heavy (non-hydrogen) atoms. The molecule has 0 saturated carbocycles. The number of hydrogen-bond acceptors (Lipinski definition) is 5. The average molecular weight is 445 g/mol. The first-order chi connectivity index (χ1) is 15.6. The van der Waals surface area contributed by atoms with Crippen molar-refractivity contribution in [2.24, 2.45) is 4.99 Å².